The fourth-order valence-electron chi connectivity index (χ4n) is 3.52. The molecular formula is C23H25N3O2. The molecule has 1 fully saturated rings. The molecule has 0 N–H and O–H groups in total. The quantitative estimate of drug-likeness (QED) is 0.631. The summed E-state index contributed by atoms with van der Waals surface area (Å²) in [5, 5.41) is 4.33. The Labute approximate surface area is 165 Å². The van der Waals surface area contributed by atoms with Crippen LogP contribution in [-0.2, 0) is 0 Å². The molecular weight excluding hydrogens is 350 g/mol. The Hall–Kier alpha value is -3.08. The lowest BCUT2D eigenvalue weighted by Crippen LogP contribution is -2.40. The monoisotopic (exact) mass is 375 g/mol. The van der Waals surface area contributed by atoms with Gasteiger partial charge < -0.3 is 9.64 Å². The molecule has 1 saturated carbocycles. The number of amides is 1. The van der Waals surface area contributed by atoms with Gasteiger partial charge in [0.25, 0.3) is 5.91 Å². The van der Waals surface area contributed by atoms with Crippen LogP contribution in [0, 0.1) is 12.8 Å². The molecule has 1 atom stereocenters. The minimum absolute atomic E-state index is 0.0211. The molecule has 1 heterocycles. The standard InChI is InChI=1S/C23H25N3O2/c1-16-14-24-25(15-16)20-8-6-19(7-9-20)23(27)26(17(2)18-4-5-18)21-10-12-22(28-3)13-11-21/h6-15,17-18H,4-5H2,1-3H3. The maximum absolute atomic E-state index is 13.4. The van der Waals surface area contributed by atoms with Crippen molar-refractivity contribution in [1.29, 1.82) is 0 Å². The van der Waals surface area contributed by atoms with Crippen molar-refractivity contribution in [1.82, 2.24) is 9.78 Å². The Morgan fingerprint density at radius 1 is 1.14 bits per heavy atom. The molecule has 2 aromatic carbocycles. The van der Waals surface area contributed by atoms with E-state index in [0.29, 0.717) is 11.5 Å². The van der Waals surface area contributed by atoms with E-state index in [1.165, 1.54) is 12.8 Å². The summed E-state index contributed by atoms with van der Waals surface area (Å²) in [4.78, 5) is 15.3. The van der Waals surface area contributed by atoms with E-state index in [2.05, 4.69) is 12.0 Å². The highest BCUT2D eigenvalue weighted by Crippen LogP contribution is 2.38. The summed E-state index contributed by atoms with van der Waals surface area (Å²) in [5.74, 6) is 1.37. The lowest BCUT2D eigenvalue weighted by atomic mass is 10.1. The second kappa shape index (κ2) is 7.50. The minimum atomic E-state index is 0.0211. The molecule has 1 aliphatic carbocycles. The van der Waals surface area contributed by atoms with Gasteiger partial charge >= 0.3 is 0 Å². The Morgan fingerprint density at radius 2 is 1.82 bits per heavy atom. The van der Waals surface area contributed by atoms with Gasteiger partial charge in [-0.2, -0.15) is 5.10 Å². The molecule has 144 valence electrons. The first kappa shape index (κ1) is 18.3. The highest BCUT2D eigenvalue weighted by atomic mass is 16.5. The summed E-state index contributed by atoms with van der Waals surface area (Å²) < 4.78 is 7.08. The largest absolute Gasteiger partial charge is 0.497 e. The topological polar surface area (TPSA) is 47.4 Å². The lowest BCUT2D eigenvalue weighted by Gasteiger charge is -2.30. The number of hydrogen-bond acceptors (Lipinski definition) is 3. The molecule has 1 unspecified atom stereocenters. The Bertz CT molecular complexity index is 956. The minimum Gasteiger partial charge on any atom is -0.497 e. The van der Waals surface area contributed by atoms with Gasteiger partial charge in [0.2, 0.25) is 0 Å². The van der Waals surface area contributed by atoms with Crippen LogP contribution in [0.25, 0.3) is 5.69 Å². The van der Waals surface area contributed by atoms with Crippen LogP contribution in [-0.4, -0.2) is 28.8 Å². The van der Waals surface area contributed by atoms with Gasteiger partial charge in [-0.05, 0) is 86.7 Å². The van der Waals surface area contributed by atoms with E-state index in [1.54, 1.807) is 7.11 Å². The van der Waals surface area contributed by atoms with E-state index in [9.17, 15) is 4.79 Å². The second-order valence-electron chi connectivity index (χ2n) is 7.46. The fraction of sp³-hybridized carbons (Fsp3) is 0.304. The smallest absolute Gasteiger partial charge is 0.258 e. The number of aromatic nitrogens is 2. The summed E-state index contributed by atoms with van der Waals surface area (Å²) >= 11 is 0. The number of benzene rings is 2. The van der Waals surface area contributed by atoms with E-state index in [1.807, 2.05) is 77.4 Å². The third-order valence-electron chi connectivity index (χ3n) is 5.37. The van der Waals surface area contributed by atoms with Crippen molar-refractivity contribution < 1.29 is 9.53 Å². The number of carbonyl (C=O) groups excluding carboxylic acids is 1. The van der Waals surface area contributed by atoms with E-state index in [4.69, 9.17) is 4.74 Å². The van der Waals surface area contributed by atoms with Crippen LogP contribution < -0.4 is 9.64 Å². The Kier molecular flexibility index (Phi) is 4.90. The molecule has 4 rings (SSSR count). The van der Waals surface area contributed by atoms with Crippen molar-refractivity contribution in [3.05, 3.63) is 72.1 Å². The molecule has 0 spiro atoms. The van der Waals surface area contributed by atoms with Gasteiger partial charge in [0.1, 0.15) is 5.75 Å². The van der Waals surface area contributed by atoms with Crippen LogP contribution in [0.3, 0.4) is 0 Å². The second-order valence-corrected chi connectivity index (χ2v) is 7.46. The van der Waals surface area contributed by atoms with Crippen LogP contribution in [0.15, 0.2) is 60.9 Å². The van der Waals surface area contributed by atoms with E-state index in [0.717, 1.165) is 22.7 Å². The van der Waals surface area contributed by atoms with Crippen molar-refractivity contribution >= 4 is 11.6 Å². The van der Waals surface area contributed by atoms with Crippen LogP contribution in [0.5, 0.6) is 5.75 Å². The number of anilines is 1. The molecule has 3 aromatic rings. The SMILES string of the molecule is COc1ccc(N(C(=O)c2ccc(-n3cc(C)cn3)cc2)C(C)C2CC2)cc1. The number of methoxy groups -OCH3 is 1. The molecule has 0 aliphatic heterocycles. The Balaban J connectivity index is 1.62. The highest BCUT2D eigenvalue weighted by molar-refractivity contribution is 6.06. The summed E-state index contributed by atoms with van der Waals surface area (Å²) in [6.45, 7) is 4.15. The molecule has 1 aliphatic rings. The molecule has 1 aromatic heterocycles. The van der Waals surface area contributed by atoms with E-state index in [-0.39, 0.29) is 11.9 Å². The van der Waals surface area contributed by atoms with E-state index >= 15 is 0 Å². The van der Waals surface area contributed by atoms with Gasteiger partial charge in [0.15, 0.2) is 0 Å². The van der Waals surface area contributed by atoms with Crippen LogP contribution in [0.1, 0.15) is 35.7 Å². The fourth-order valence-corrected chi connectivity index (χ4v) is 3.52. The number of nitrogens with zero attached hydrogens (tertiary/aromatic N) is 3. The zero-order valence-corrected chi connectivity index (χ0v) is 16.5. The first-order valence-electron chi connectivity index (χ1n) is 9.66. The summed E-state index contributed by atoms with van der Waals surface area (Å²) in [5.41, 5.74) is 3.62. The highest BCUT2D eigenvalue weighted by Gasteiger charge is 2.35. The molecule has 5 heteroatoms. The van der Waals surface area contributed by atoms with Crippen molar-refractivity contribution in [2.24, 2.45) is 5.92 Å². The van der Waals surface area contributed by atoms with Gasteiger partial charge in [-0.3, -0.25) is 4.79 Å². The van der Waals surface area contributed by atoms with E-state index < -0.39 is 0 Å². The third kappa shape index (κ3) is 3.65. The predicted molar refractivity (Wildman–Crippen MR) is 110 cm³/mol. The number of ether oxygens (including phenoxy) is 1. The van der Waals surface area contributed by atoms with Gasteiger partial charge in [-0.25, -0.2) is 4.68 Å². The molecule has 5 nitrogen and oxygen atoms in total. The van der Waals surface area contributed by atoms with Crippen molar-refractivity contribution in [2.45, 2.75) is 32.7 Å². The average Bonchev–Trinajstić information content (AvgIpc) is 3.49. The third-order valence-corrected chi connectivity index (χ3v) is 5.37. The number of hydrogen-bond donors (Lipinski definition) is 0. The van der Waals surface area contributed by atoms with Gasteiger partial charge in [0.05, 0.1) is 19.0 Å². The van der Waals surface area contributed by atoms with Gasteiger partial charge in [-0.1, -0.05) is 0 Å². The molecule has 1 amide bonds. The average molecular weight is 375 g/mol. The summed E-state index contributed by atoms with van der Waals surface area (Å²) in [7, 11) is 1.65. The van der Waals surface area contributed by atoms with Gasteiger partial charge in [-0.15, -0.1) is 0 Å². The molecule has 0 radical (unpaired) electrons. The number of carbonyl (C=O) groups is 1. The van der Waals surface area contributed by atoms with Crippen LogP contribution in [0.4, 0.5) is 5.69 Å². The zero-order chi connectivity index (χ0) is 19.7. The summed E-state index contributed by atoms with van der Waals surface area (Å²) in [6.07, 6.45) is 6.15. The summed E-state index contributed by atoms with van der Waals surface area (Å²) in [6, 6.07) is 15.5. The molecule has 28 heavy (non-hydrogen) atoms. The molecule has 0 bridgehead atoms. The lowest BCUT2D eigenvalue weighted by molar-refractivity contribution is 0.0975. The van der Waals surface area contributed by atoms with Crippen molar-refractivity contribution in [3.8, 4) is 11.4 Å². The first-order valence-corrected chi connectivity index (χ1v) is 9.66. The predicted octanol–water partition coefficient (Wildman–Crippen LogP) is 4.63. The maximum Gasteiger partial charge on any atom is 0.258 e. The number of rotatable bonds is 6. The number of aryl methyl sites for hydroxylation is 1. The maximum atomic E-state index is 13.4. The van der Waals surface area contributed by atoms with Gasteiger partial charge in [0, 0.05) is 23.5 Å². The zero-order valence-electron chi connectivity index (χ0n) is 16.5. The Morgan fingerprint density at radius 3 is 2.36 bits per heavy atom. The van der Waals surface area contributed by atoms with Crippen molar-refractivity contribution in [3.63, 3.8) is 0 Å². The van der Waals surface area contributed by atoms with Crippen molar-refractivity contribution in [2.75, 3.05) is 12.0 Å². The first-order chi connectivity index (χ1) is 13.6. The van der Waals surface area contributed by atoms with Crippen LogP contribution in [0.2, 0.25) is 0 Å². The normalized spacial score (nSPS) is 14.5. The van der Waals surface area contributed by atoms with Crippen LogP contribution >= 0.6 is 0 Å². The molecule has 0 saturated heterocycles.